The summed E-state index contributed by atoms with van der Waals surface area (Å²) in [7, 11) is 1.69. The third kappa shape index (κ3) is 3.33. The number of hydrogen-bond acceptors (Lipinski definition) is 4. The number of carbonyl (C=O) groups excluding carboxylic acids is 2. The van der Waals surface area contributed by atoms with Gasteiger partial charge in [-0.15, -0.1) is 18.3 Å². The van der Waals surface area contributed by atoms with Crippen LogP contribution in [0.3, 0.4) is 0 Å². The molecule has 0 unspecified atom stereocenters. The number of hydrogen-bond donors (Lipinski definition) is 1. The fourth-order valence-electron chi connectivity index (χ4n) is 1.78. The molecule has 1 aliphatic rings. The summed E-state index contributed by atoms with van der Waals surface area (Å²) in [4.78, 5) is 24.8. The molecule has 0 spiro atoms. The van der Waals surface area contributed by atoms with Gasteiger partial charge in [0.25, 0.3) is 5.91 Å². The SMILES string of the molecule is C=CCSCC(=O)Nc1ccc2c(c1)N(C)C(=O)CO2. The standard InChI is InChI=1S/C14H16N2O3S/c1-3-6-20-9-13(17)15-10-4-5-12-11(7-10)16(2)14(18)8-19-12/h3-5,7H,1,6,8-9H2,2H3,(H,15,17). The molecule has 0 aliphatic carbocycles. The summed E-state index contributed by atoms with van der Waals surface area (Å²) < 4.78 is 5.33. The van der Waals surface area contributed by atoms with Gasteiger partial charge in [0.05, 0.1) is 11.4 Å². The molecule has 1 aromatic carbocycles. The smallest absolute Gasteiger partial charge is 0.264 e. The molecule has 6 heteroatoms. The van der Waals surface area contributed by atoms with Crippen LogP contribution in [-0.2, 0) is 9.59 Å². The number of thioether (sulfide) groups is 1. The maximum absolute atomic E-state index is 11.7. The Hall–Kier alpha value is -1.95. The Kier molecular flexibility index (Phi) is 4.68. The number of nitrogens with one attached hydrogen (secondary N) is 1. The molecule has 2 amide bonds. The zero-order chi connectivity index (χ0) is 14.5. The van der Waals surface area contributed by atoms with Gasteiger partial charge in [-0.25, -0.2) is 0 Å². The first-order chi connectivity index (χ1) is 9.61. The summed E-state index contributed by atoms with van der Waals surface area (Å²) in [6.45, 7) is 3.65. The maximum atomic E-state index is 11.7. The first kappa shape index (κ1) is 14.5. The van der Waals surface area contributed by atoms with Gasteiger partial charge in [0.15, 0.2) is 6.61 Å². The number of benzene rings is 1. The van der Waals surface area contributed by atoms with Crippen molar-refractivity contribution in [1.29, 1.82) is 0 Å². The van der Waals surface area contributed by atoms with Crippen LogP contribution in [0.4, 0.5) is 11.4 Å². The Morgan fingerprint density at radius 1 is 1.60 bits per heavy atom. The Balaban J connectivity index is 2.05. The van der Waals surface area contributed by atoms with E-state index >= 15 is 0 Å². The van der Waals surface area contributed by atoms with Crippen molar-refractivity contribution >= 4 is 35.0 Å². The topological polar surface area (TPSA) is 58.6 Å². The first-order valence-electron chi connectivity index (χ1n) is 6.13. The predicted octanol–water partition coefficient (Wildman–Crippen LogP) is 1.90. The lowest BCUT2D eigenvalue weighted by Crippen LogP contribution is -2.35. The summed E-state index contributed by atoms with van der Waals surface area (Å²) in [5, 5.41) is 2.80. The Labute approximate surface area is 122 Å². The Morgan fingerprint density at radius 2 is 2.40 bits per heavy atom. The van der Waals surface area contributed by atoms with Gasteiger partial charge in [0.2, 0.25) is 5.91 Å². The Bertz CT molecular complexity index is 545. The minimum Gasteiger partial charge on any atom is -0.482 e. The zero-order valence-electron chi connectivity index (χ0n) is 11.2. The summed E-state index contributed by atoms with van der Waals surface area (Å²) >= 11 is 1.49. The van der Waals surface area contributed by atoms with E-state index in [0.717, 1.165) is 5.75 Å². The van der Waals surface area contributed by atoms with Crippen molar-refractivity contribution in [1.82, 2.24) is 0 Å². The van der Waals surface area contributed by atoms with Gasteiger partial charge in [-0.3, -0.25) is 9.59 Å². The van der Waals surface area contributed by atoms with E-state index in [0.29, 0.717) is 22.9 Å². The number of ether oxygens (including phenoxy) is 1. The van der Waals surface area contributed by atoms with Crippen molar-refractivity contribution in [2.45, 2.75) is 0 Å². The molecule has 0 atom stereocenters. The van der Waals surface area contributed by atoms with Crippen molar-refractivity contribution in [2.75, 3.05) is 35.4 Å². The van der Waals surface area contributed by atoms with Gasteiger partial charge >= 0.3 is 0 Å². The summed E-state index contributed by atoms with van der Waals surface area (Å²) in [5.41, 5.74) is 1.32. The number of fused-ring (bicyclic) bond motifs is 1. The van der Waals surface area contributed by atoms with Gasteiger partial charge in [-0.05, 0) is 18.2 Å². The highest BCUT2D eigenvalue weighted by Gasteiger charge is 2.22. The minimum absolute atomic E-state index is 0.0490. The molecule has 1 N–H and O–H groups in total. The lowest BCUT2D eigenvalue weighted by Gasteiger charge is -2.26. The minimum atomic E-state index is -0.109. The molecule has 0 aromatic heterocycles. The lowest BCUT2D eigenvalue weighted by atomic mass is 10.2. The molecule has 106 valence electrons. The molecule has 1 aromatic rings. The van der Waals surface area contributed by atoms with Crippen LogP contribution in [0.5, 0.6) is 5.75 Å². The van der Waals surface area contributed by atoms with E-state index in [4.69, 9.17) is 4.74 Å². The molecular formula is C14H16N2O3S. The van der Waals surface area contributed by atoms with Crippen molar-refractivity contribution in [3.8, 4) is 5.75 Å². The van der Waals surface area contributed by atoms with E-state index in [1.807, 2.05) is 0 Å². The molecule has 2 rings (SSSR count). The Morgan fingerprint density at radius 3 is 3.15 bits per heavy atom. The van der Waals surface area contributed by atoms with Crippen molar-refractivity contribution in [3.63, 3.8) is 0 Å². The summed E-state index contributed by atoms with van der Waals surface area (Å²) in [6, 6.07) is 5.26. The second kappa shape index (κ2) is 6.47. The average Bonchev–Trinajstić information content (AvgIpc) is 2.44. The van der Waals surface area contributed by atoms with E-state index in [1.54, 1.807) is 31.3 Å². The second-order valence-corrected chi connectivity index (χ2v) is 5.31. The average molecular weight is 292 g/mol. The number of nitrogens with zero attached hydrogens (tertiary/aromatic N) is 1. The predicted molar refractivity (Wildman–Crippen MR) is 81.5 cm³/mol. The van der Waals surface area contributed by atoms with E-state index < -0.39 is 0 Å². The van der Waals surface area contributed by atoms with Crippen LogP contribution in [-0.4, -0.2) is 37.0 Å². The van der Waals surface area contributed by atoms with E-state index in [9.17, 15) is 9.59 Å². The van der Waals surface area contributed by atoms with Crippen LogP contribution in [0.1, 0.15) is 0 Å². The lowest BCUT2D eigenvalue weighted by molar-refractivity contribution is -0.121. The van der Waals surface area contributed by atoms with E-state index in [-0.39, 0.29) is 18.4 Å². The van der Waals surface area contributed by atoms with E-state index in [2.05, 4.69) is 11.9 Å². The van der Waals surface area contributed by atoms with Crippen LogP contribution in [0.15, 0.2) is 30.9 Å². The molecular weight excluding hydrogens is 276 g/mol. The number of amides is 2. The fourth-order valence-corrected chi connectivity index (χ4v) is 2.32. The first-order valence-corrected chi connectivity index (χ1v) is 7.29. The molecule has 0 fully saturated rings. The van der Waals surface area contributed by atoms with Gasteiger partial charge in [0.1, 0.15) is 5.75 Å². The van der Waals surface area contributed by atoms with Crippen LogP contribution < -0.4 is 15.0 Å². The van der Waals surface area contributed by atoms with Crippen molar-refractivity contribution in [3.05, 3.63) is 30.9 Å². The third-order valence-corrected chi connectivity index (χ3v) is 3.74. The van der Waals surface area contributed by atoms with Gasteiger partial charge in [-0.1, -0.05) is 6.08 Å². The van der Waals surface area contributed by atoms with Gasteiger partial charge in [0, 0.05) is 18.5 Å². The number of anilines is 2. The number of carbonyl (C=O) groups is 2. The maximum Gasteiger partial charge on any atom is 0.264 e. The molecule has 0 saturated carbocycles. The highest BCUT2D eigenvalue weighted by Crippen LogP contribution is 2.33. The van der Waals surface area contributed by atoms with Gasteiger partial charge < -0.3 is 15.0 Å². The molecule has 1 heterocycles. The monoisotopic (exact) mass is 292 g/mol. The molecule has 0 radical (unpaired) electrons. The third-order valence-electron chi connectivity index (χ3n) is 2.80. The van der Waals surface area contributed by atoms with Gasteiger partial charge in [-0.2, -0.15) is 0 Å². The fraction of sp³-hybridized carbons (Fsp3) is 0.286. The van der Waals surface area contributed by atoms with Crippen LogP contribution in [0.25, 0.3) is 0 Å². The van der Waals surface area contributed by atoms with E-state index in [1.165, 1.54) is 16.7 Å². The normalized spacial score (nSPS) is 13.4. The summed E-state index contributed by atoms with van der Waals surface area (Å²) in [6.07, 6.45) is 1.76. The number of rotatable bonds is 5. The molecule has 0 bridgehead atoms. The van der Waals surface area contributed by atoms with Crippen molar-refractivity contribution < 1.29 is 14.3 Å². The molecule has 1 aliphatic heterocycles. The molecule has 20 heavy (non-hydrogen) atoms. The molecule has 0 saturated heterocycles. The highest BCUT2D eigenvalue weighted by molar-refractivity contribution is 8.00. The molecule has 5 nitrogen and oxygen atoms in total. The zero-order valence-corrected chi connectivity index (χ0v) is 12.0. The summed E-state index contributed by atoms with van der Waals surface area (Å²) in [5.74, 6) is 1.56. The number of likely N-dealkylation sites (N-methyl/N-ethyl adjacent to an activating group) is 1. The largest absolute Gasteiger partial charge is 0.482 e. The van der Waals surface area contributed by atoms with Crippen LogP contribution in [0.2, 0.25) is 0 Å². The van der Waals surface area contributed by atoms with Crippen LogP contribution in [0, 0.1) is 0 Å². The second-order valence-electron chi connectivity index (χ2n) is 4.28. The quantitative estimate of drug-likeness (QED) is 0.665. The van der Waals surface area contributed by atoms with Crippen LogP contribution >= 0.6 is 11.8 Å². The van der Waals surface area contributed by atoms with Crippen molar-refractivity contribution in [2.24, 2.45) is 0 Å². The highest BCUT2D eigenvalue weighted by atomic mass is 32.2.